The van der Waals surface area contributed by atoms with Gasteiger partial charge in [-0.1, -0.05) is 12.2 Å². The molecule has 1 aromatic rings. The van der Waals surface area contributed by atoms with E-state index in [0.29, 0.717) is 24.1 Å². The Morgan fingerprint density at radius 2 is 1.57 bits per heavy atom. The van der Waals surface area contributed by atoms with Crippen molar-refractivity contribution in [1.82, 2.24) is 0 Å². The molecule has 1 heterocycles. The minimum Gasteiger partial charge on any atom is -0.465 e. The van der Waals surface area contributed by atoms with E-state index in [1.165, 1.54) is 12.0 Å². The normalized spacial score (nSPS) is 24.1. The minimum atomic E-state index is -0.446. The molecule has 0 unspecified atom stereocenters. The Morgan fingerprint density at radius 3 is 2.05 bits per heavy atom. The molecule has 5 heteroatoms. The van der Waals surface area contributed by atoms with Crippen LogP contribution in [-0.4, -0.2) is 24.9 Å². The summed E-state index contributed by atoms with van der Waals surface area (Å²) in [5, 5.41) is 0. The average Bonchev–Trinajstić information content (AvgIpc) is 2.79. The molecule has 2 amide bonds. The maximum absolute atomic E-state index is 12.4. The number of benzene rings is 1. The summed E-state index contributed by atoms with van der Waals surface area (Å²) in [6, 6.07) is 6.32. The third kappa shape index (κ3) is 2.14. The topological polar surface area (TPSA) is 63.7 Å². The van der Waals surface area contributed by atoms with Crippen molar-refractivity contribution in [3.63, 3.8) is 0 Å². The largest absolute Gasteiger partial charge is 0.465 e. The maximum Gasteiger partial charge on any atom is 0.337 e. The second-order valence-corrected chi connectivity index (χ2v) is 5.21. The number of hydrogen-bond acceptors (Lipinski definition) is 4. The van der Waals surface area contributed by atoms with Gasteiger partial charge in [0.25, 0.3) is 0 Å². The molecular formula is C16H15NO4. The van der Waals surface area contributed by atoms with E-state index in [1.54, 1.807) is 24.3 Å². The van der Waals surface area contributed by atoms with Crippen molar-refractivity contribution < 1.29 is 19.1 Å². The highest BCUT2D eigenvalue weighted by Gasteiger charge is 2.47. The number of esters is 1. The van der Waals surface area contributed by atoms with Crippen LogP contribution >= 0.6 is 0 Å². The van der Waals surface area contributed by atoms with E-state index in [4.69, 9.17) is 0 Å². The zero-order valence-electron chi connectivity index (χ0n) is 11.6. The van der Waals surface area contributed by atoms with Gasteiger partial charge in [-0.25, -0.2) is 4.79 Å². The summed E-state index contributed by atoms with van der Waals surface area (Å²) < 4.78 is 4.63. The van der Waals surface area contributed by atoms with Crippen LogP contribution in [0.15, 0.2) is 36.4 Å². The predicted molar refractivity (Wildman–Crippen MR) is 75.6 cm³/mol. The first-order valence-corrected chi connectivity index (χ1v) is 6.84. The number of carbonyl (C=O) groups excluding carboxylic acids is 3. The molecule has 0 spiro atoms. The van der Waals surface area contributed by atoms with Gasteiger partial charge in [-0.05, 0) is 37.1 Å². The maximum atomic E-state index is 12.4. The SMILES string of the molecule is COC(=O)c1ccc(N2C(=O)[C@H]3CC=CC[C@@H]3C2=O)cc1. The highest BCUT2D eigenvalue weighted by Crippen LogP contribution is 2.37. The fraction of sp³-hybridized carbons (Fsp3) is 0.312. The monoisotopic (exact) mass is 285 g/mol. The molecule has 0 aromatic heterocycles. The highest BCUT2D eigenvalue weighted by molar-refractivity contribution is 6.22. The van der Waals surface area contributed by atoms with Gasteiger partial charge in [0.1, 0.15) is 0 Å². The molecule has 1 aliphatic heterocycles. The number of carbonyl (C=O) groups is 3. The zero-order chi connectivity index (χ0) is 15.0. The first kappa shape index (κ1) is 13.5. The van der Waals surface area contributed by atoms with E-state index in [-0.39, 0.29) is 23.7 Å². The van der Waals surface area contributed by atoms with E-state index in [2.05, 4.69) is 4.74 Å². The quantitative estimate of drug-likeness (QED) is 0.473. The Morgan fingerprint density at radius 1 is 1.05 bits per heavy atom. The summed E-state index contributed by atoms with van der Waals surface area (Å²) in [6.45, 7) is 0. The van der Waals surface area contributed by atoms with Gasteiger partial charge >= 0.3 is 5.97 Å². The van der Waals surface area contributed by atoms with E-state index in [1.807, 2.05) is 12.2 Å². The van der Waals surface area contributed by atoms with Crippen LogP contribution in [0, 0.1) is 11.8 Å². The van der Waals surface area contributed by atoms with Crippen LogP contribution < -0.4 is 4.90 Å². The first-order chi connectivity index (χ1) is 10.1. The average molecular weight is 285 g/mol. The number of ether oxygens (including phenoxy) is 1. The van der Waals surface area contributed by atoms with Crippen molar-refractivity contribution in [2.24, 2.45) is 11.8 Å². The number of methoxy groups -OCH3 is 1. The molecule has 0 radical (unpaired) electrons. The minimum absolute atomic E-state index is 0.153. The van der Waals surface area contributed by atoms with E-state index in [0.717, 1.165) is 0 Å². The third-order valence-corrected chi connectivity index (χ3v) is 4.05. The fourth-order valence-corrected chi connectivity index (χ4v) is 2.92. The second kappa shape index (κ2) is 5.16. The predicted octanol–water partition coefficient (Wildman–Crippen LogP) is 1.93. The lowest BCUT2D eigenvalue weighted by molar-refractivity contribution is -0.122. The van der Waals surface area contributed by atoms with Gasteiger partial charge in [0.2, 0.25) is 11.8 Å². The number of anilines is 1. The molecule has 3 rings (SSSR count). The van der Waals surface area contributed by atoms with Gasteiger partial charge in [0.15, 0.2) is 0 Å². The van der Waals surface area contributed by atoms with Crippen molar-refractivity contribution in [3.8, 4) is 0 Å². The molecule has 1 aromatic carbocycles. The summed E-state index contributed by atoms with van der Waals surface area (Å²) >= 11 is 0. The van der Waals surface area contributed by atoms with Crippen LogP contribution in [0.5, 0.6) is 0 Å². The van der Waals surface area contributed by atoms with Gasteiger partial charge in [0, 0.05) is 0 Å². The molecule has 1 saturated heterocycles. The van der Waals surface area contributed by atoms with E-state index in [9.17, 15) is 14.4 Å². The van der Waals surface area contributed by atoms with E-state index >= 15 is 0 Å². The summed E-state index contributed by atoms with van der Waals surface area (Å²) in [7, 11) is 1.31. The number of allylic oxidation sites excluding steroid dienone is 2. The van der Waals surface area contributed by atoms with Crippen LogP contribution in [0.1, 0.15) is 23.2 Å². The number of nitrogens with zero attached hydrogens (tertiary/aromatic N) is 1. The third-order valence-electron chi connectivity index (χ3n) is 4.05. The Bertz CT molecular complexity index is 606. The molecule has 0 N–H and O–H groups in total. The number of fused-ring (bicyclic) bond motifs is 1. The Hall–Kier alpha value is -2.43. The van der Waals surface area contributed by atoms with Crippen molar-refractivity contribution >= 4 is 23.5 Å². The van der Waals surface area contributed by atoms with Gasteiger partial charge < -0.3 is 4.74 Å². The van der Waals surface area contributed by atoms with Gasteiger partial charge in [0.05, 0.1) is 30.2 Å². The lowest BCUT2D eigenvalue weighted by atomic mass is 9.85. The Balaban J connectivity index is 1.89. The Kier molecular flexibility index (Phi) is 3.33. The summed E-state index contributed by atoms with van der Waals surface area (Å²) in [5.74, 6) is -1.25. The fourth-order valence-electron chi connectivity index (χ4n) is 2.92. The van der Waals surface area contributed by atoms with Crippen LogP contribution in [0.3, 0.4) is 0 Å². The molecule has 2 aliphatic rings. The van der Waals surface area contributed by atoms with Crippen molar-refractivity contribution in [1.29, 1.82) is 0 Å². The first-order valence-electron chi connectivity index (χ1n) is 6.84. The molecule has 21 heavy (non-hydrogen) atoms. The molecule has 2 atom stereocenters. The highest BCUT2D eigenvalue weighted by atomic mass is 16.5. The number of hydrogen-bond donors (Lipinski definition) is 0. The van der Waals surface area contributed by atoms with Crippen molar-refractivity contribution in [2.45, 2.75) is 12.8 Å². The molecule has 1 fully saturated rings. The molecule has 1 aliphatic carbocycles. The Labute approximate surface area is 122 Å². The number of rotatable bonds is 2. The molecule has 0 bridgehead atoms. The summed E-state index contributed by atoms with van der Waals surface area (Å²) in [6.07, 6.45) is 5.14. The van der Waals surface area contributed by atoms with Crippen LogP contribution in [-0.2, 0) is 14.3 Å². The molecule has 108 valence electrons. The van der Waals surface area contributed by atoms with Gasteiger partial charge in [-0.2, -0.15) is 0 Å². The van der Waals surface area contributed by atoms with E-state index < -0.39 is 5.97 Å². The lowest BCUT2D eigenvalue weighted by Crippen LogP contribution is -2.30. The molecule has 5 nitrogen and oxygen atoms in total. The molecular weight excluding hydrogens is 270 g/mol. The van der Waals surface area contributed by atoms with Crippen molar-refractivity contribution in [2.75, 3.05) is 12.0 Å². The van der Waals surface area contributed by atoms with Crippen LogP contribution in [0.2, 0.25) is 0 Å². The number of amides is 2. The van der Waals surface area contributed by atoms with Gasteiger partial charge in [-0.15, -0.1) is 0 Å². The molecule has 0 saturated carbocycles. The number of imide groups is 1. The van der Waals surface area contributed by atoms with Crippen LogP contribution in [0.25, 0.3) is 0 Å². The standard InChI is InChI=1S/C16H15NO4/c1-21-16(20)10-6-8-11(9-7-10)17-14(18)12-4-2-3-5-13(12)15(17)19/h2-3,6-9,12-13H,4-5H2,1H3/t12-,13-/m0/s1. The van der Waals surface area contributed by atoms with Crippen molar-refractivity contribution in [3.05, 3.63) is 42.0 Å². The second-order valence-electron chi connectivity index (χ2n) is 5.21. The smallest absolute Gasteiger partial charge is 0.337 e. The lowest BCUT2D eigenvalue weighted by Gasteiger charge is -2.15. The summed E-state index contributed by atoms with van der Waals surface area (Å²) in [5.41, 5.74) is 0.895. The summed E-state index contributed by atoms with van der Waals surface area (Å²) in [4.78, 5) is 37.5. The van der Waals surface area contributed by atoms with Gasteiger partial charge in [-0.3, -0.25) is 14.5 Å². The zero-order valence-corrected chi connectivity index (χ0v) is 11.6. The van der Waals surface area contributed by atoms with Crippen LogP contribution in [0.4, 0.5) is 5.69 Å².